The molecular formula is C15H22N4O3. The van der Waals surface area contributed by atoms with E-state index in [1.165, 1.54) is 12.8 Å². The summed E-state index contributed by atoms with van der Waals surface area (Å²) in [7, 11) is 2.09. The first-order chi connectivity index (χ1) is 10.7. The van der Waals surface area contributed by atoms with Gasteiger partial charge < -0.3 is 9.26 Å². The highest BCUT2D eigenvalue weighted by atomic mass is 16.5. The van der Waals surface area contributed by atoms with Crippen LogP contribution in [0.25, 0.3) is 0 Å². The lowest BCUT2D eigenvalue weighted by Gasteiger charge is -2.24. The third kappa shape index (κ3) is 2.75. The fraction of sp³-hybridized carbons (Fsp3) is 0.800. The maximum atomic E-state index is 11.7. The Labute approximate surface area is 129 Å². The molecule has 0 aromatic carbocycles. The molecule has 0 spiro atoms. The zero-order chi connectivity index (χ0) is 15.1. The van der Waals surface area contributed by atoms with Crippen LogP contribution in [-0.4, -0.2) is 64.7 Å². The zero-order valence-electron chi connectivity index (χ0n) is 12.9. The smallest absolute Gasteiger partial charge is 0.323 e. The average Bonchev–Trinajstić information content (AvgIpc) is 2.91. The summed E-state index contributed by atoms with van der Waals surface area (Å²) in [6.07, 6.45) is 4.23. The van der Waals surface area contributed by atoms with E-state index in [4.69, 9.17) is 9.26 Å². The van der Waals surface area contributed by atoms with Gasteiger partial charge in [0.05, 0.1) is 13.2 Å². The lowest BCUT2D eigenvalue weighted by Crippen LogP contribution is -2.40. The van der Waals surface area contributed by atoms with Gasteiger partial charge in [-0.25, -0.2) is 0 Å². The molecular weight excluding hydrogens is 284 g/mol. The average molecular weight is 306 g/mol. The Hall–Kier alpha value is -1.47. The number of hydrogen-bond donors (Lipinski definition) is 0. The second-order valence-electron chi connectivity index (χ2n) is 6.65. The van der Waals surface area contributed by atoms with Crippen molar-refractivity contribution in [2.24, 2.45) is 0 Å². The molecule has 2 saturated heterocycles. The Balaban J connectivity index is 1.32. The molecule has 1 aromatic heterocycles. The van der Waals surface area contributed by atoms with E-state index in [2.05, 4.69) is 27.0 Å². The van der Waals surface area contributed by atoms with Crippen LogP contribution in [0.15, 0.2) is 4.52 Å². The third-order valence-electron chi connectivity index (χ3n) is 4.97. The molecule has 2 aliphatic heterocycles. The lowest BCUT2D eigenvalue weighted by molar-refractivity contribution is -0.142. The third-order valence-corrected chi connectivity index (χ3v) is 4.97. The Bertz CT molecular complexity index is 557. The summed E-state index contributed by atoms with van der Waals surface area (Å²) >= 11 is 0. The van der Waals surface area contributed by atoms with Crippen LogP contribution in [0.2, 0.25) is 0 Å². The summed E-state index contributed by atoms with van der Waals surface area (Å²) in [6, 6.07) is 0.390. The van der Waals surface area contributed by atoms with Gasteiger partial charge in [0, 0.05) is 31.5 Å². The predicted octanol–water partition coefficient (Wildman–Crippen LogP) is 0.769. The van der Waals surface area contributed by atoms with E-state index in [-0.39, 0.29) is 12.0 Å². The van der Waals surface area contributed by atoms with Crippen LogP contribution in [0, 0.1) is 0 Å². The SMILES string of the molecule is CN(Cc1noc(C2CC2)n1)[C@@H]1CCN([C@@H]2CCOC2=O)C1. The number of carbonyl (C=O) groups excluding carboxylic acids is 1. The van der Waals surface area contributed by atoms with Gasteiger partial charge in [-0.3, -0.25) is 14.6 Å². The number of likely N-dealkylation sites (N-methyl/N-ethyl adjacent to an activating group) is 1. The fourth-order valence-corrected chi connectivity index (χ4v) is 3.41. The standard InChI is InChI=1S/C15H22N4O3/c1-18(9-13-16-14(22-17-13)10-2-3-10)11-4-6-19(8-11)12-5-7-21-15(12)20/h10-12H,2-9H2,1H3/t11-,12-/m1/s1. The summed E-state index contributed by atoms with van der Waals surface area (Å²) in [6.45, 7) is 3.12. The molecule has 0 radical (unpaired) electrons. The van der Waals surface area contributed by atoms with Crippen molar-refractivity contribution in [1.29, 1.82) is 0 Å². The van der Waals surface area contributed by atoms with Crippen LogP contribution < -0.4 is 0 Å². The van der Waals surface area contributed by atoms with Gasteiger partial charge in [-0.1, -0.05) is 5.16 Å². The second-order valence-corrected chi connectivity index (χ2v) is 6.65. The van der Waals surface area contributed by atoms with E-state index in [1.54, 1.807) is 0 Å². The molecule has 7 nitrogen and oxygen atoms in total. The molecule has 3 heterocycles. The fourth-order valence-electron chi connectivity index (χ4n) is 3.41. The number of cyclic esters (lactones) is 1. The first-order valence-corrected chi connectivity index (χ1v) is 8.14. The predicted molar refractivity (Wildman–Crippen MR) is 77.1 cm³/mol. The van der Waals surface area contributed by atoms with Crippen LogP contribution in [0.1, 0.15) is 43.3 Å². The highest BCUT2D eigenvalue weighted by Crippen LogP contribution is 2.38. The molecule has 3 aliphatic rings. The first-order valence-electron chi connectivity index (χ1n) is 8.14. The van der Waals surface area contributed by atoms with Crippen molar-refractivity contribution in [3.05, 3.63) is 11.7 Å². The molecule has 1 saturated carbocycles. The van der Waals surface area contributed by atoms with E-state index in [1.807, 2.05) is 0 Å². The summed E-state index contributed by atoms with van der Waals surface area (Å²) in [5.41, 5.74) is 0. The van der Waals surface area contributed by atoms with Gasteiger partial charge in [-0.2, -0.15) is 4.98 Å². The van der Waals surface area contributed by atoms with Crippen molar-refractivity contribution >= 4 is 5.97 Å². The van der Waals surface area contributed by atoms with Crippen LogP contribution in [0.5, 0.6) is 0 Å². The normalized spacial score (nSPS) is 29.5. The van der Waals surface area contributed by atoms with Gasteiger partial charge >= 0.3 is 5.97 Å². The minimum absolute atomic E-state index is 0.0370. The Morgan fingerprint density at radius 1 is 1.32 bits per heavy atom. The minimum atomic E-state index is -0.0597. The van der Waals surface area contributed by atoms with Gasteiger partial charge in [0.25, 0.3) is 0 Å². The molecule has 0 bridgehead atoms. The molecule has 1 aliphatic carbocycles. The van der Waals surface area contributed by atoms with Crippen LogP contribution >= 0.6 is 0 Å². The van der Waals surface area contributed by atoms with E-state index >= 15 is 0 Å². The number of likely N-dealkylation sites (tertiary alicyclic amines) is 1. The molecule has 0 unspecified atom stereocenters. The zero-order valence-corrected chi connectivity index (χ0v) is 12.9. The molecule has 7 heteroatoms. The number of esters is 1. The van der Waals surface area contributed by atoms with Crippen molar-refractivity contribution in [2.75, 3.05) is 26.7 Å². The molecule has 4 rings (SSSR count). The lowest BCUT2D eigenvalue weighted by atomic mass is 10.2. The quantitative estimate of drug-likeness (QED) is 0.744. The van der Waals surface area contributed by atoms with Gasteiger partial charge in [-0.05, 0) is 26.3 Å². The monoisotopic (exact) mass is 306 g/mol. The minimum Gasteiger partial charge on any atom is -0.464 e. The van der Waals surface area contributed by atoms with Crippen LogP contribution in [0.4, 0.5) is 0 Å². The molecule has 1 aromatic rings. The van der Waals surface area contributed by atoms with Crippen LogP contribution in [-0.2, 0) is 16.1 Å². The molecule has 0 N–H and O–H groups in total. The summed E-state index contributed by atoms with van der Waals surface area (Å²) in [5.74, 6) is 2.01. The van der Waals surface area contributed by atoms with E-state index in [9.17, 15) is 4.79 Å². The highest BCUT2D eigenvalue weighted by Gasteiger charge is 2.38. The van der Waals surface area contributed by atoms with Gasteiger partial charge in [0.15, 0.2) is 5.82 Å². The maximum Gasteiger partial charge on any atom is 0.323 e. The van der Waals surface area contributed by atoms with Crippen molar-refractivity contribution < 1.29 is 14.1 Å². The first kappa shape index (κ1) is 14.1. The number of ether oxygens (including phenoxy) is 1. The number of aromatic nitrogens is 2. The number of carbonyl (C=O) groups is 1. The maximum absolute atomic E-state index is 11.7. The summed E-state index contributed by atoms with van der Waals surface area (Å²) in [4.78, 5) is 20.7. The molecule has 22 heavy (non-hydrogen) atoms. The Morgan fingerprint density at radius 3 is 2.91 bits per heavy atom. The Morgan fingerprint density at radius 2 is 2.18 bits per heavy atom. The van der Waals surface area contributed by atoms with Crippen molar-refractivity contribution in [2.45, 2.75) is 50.2 Å². The summed E-state index contributed by atoms with van der Waals surface area (Å²) < 4.78 is 10.4. The number of nitrogens with zero attached hydrogens (tertiary/aromatic N) is 4. The van der Waals surface area contributed by atoms with Crippen molar-refractivity contribution in [1.82, 2.24) is 19.9 Å². The molecule has 3 fully saturated rings. The van der Waals surface area contributed by atoms with Gasteiger partial charge in [0.2, 0.25) is 5.89 Å². The van der Waals surface area contributed by atoms with E-state index < -0.39 is 0 Å². The summed E-state index contributed by atoms with van der Waals surface area (Å²) in [5, 5.41) is 4.08. The number of rotatable bonds is 5. The Kier molecular flexibility index (Phi) is 3.62. The van der Waals surface area contributed by atoms with Crippen molar-refractivity contribution in [3.8, 4) is 0 Å². The van der Waals surface area contributed by atoms with E-state index in [0.29, 0.717) is 25.1 Å². The molecule has 2 atom stereocenters. The molecule has 0 amide bonds. The topological polar surface area (TPSA) is 71.7 Å². The largest absolute Gasteiger partial charge is 0.464 e. The van der Waals surface area contributed by atoms with Crippen molar-refractivity contribution in [3.63, 3.8) is 0 Å². The molecule has 120 valence electrons. The van der Waals surface area contributed by atoms with E-state index in [0.717, 1.165) is 37.6 Å². The van der Waals surface area contributed by atoms with Gasteiger partial charge in [0.1, 0.15) is 6.04 Å². The second kappa shape index (κ2) is 5.62. The van der Waals surface area contributed by atoms with Crippen LogP contribution in [0.3, 0.4) is 0 Å². The van der Waals surface area contributed by atoms with Gasteiger partial charge in [-0.15, -0.1) is 0 Å². The highest BCUT2D eigenvalue weighted by molar-refractivity contribution is 5.77. The number of hydrogen-bond acceptors (Lipinski definition) is 7.